The number of carbonyl (C=O) groups is 1. The van der Waals surface area contributed by atoms with E-state index in [1.807, 2.05) is 11.8 Å². The van der Waals surface area contributed by atoms with Gasteiger partial charge in [-0.1, -0.05) is 0 Å². The smallest absolute Gasteiger partial charge is 0.255 e. The van der Waals surface area contributed by atoms with Gasteiger partial charge in [-0.2, -0.15) is 11.8 Å². The molecule has 1 fully saturated rings. The number of phenols is 2. The fraction of sp³-hybridized carbons (Fsp3) is 0.417. The molecular formula is C12H15NO3S. The van der Waals surface area contributed by atoms with Crippen molar-refractivity contribution in [1.29, 1.82) is 0 Å². The molecule has 5 heteroatoms. The Morgan fingerprint density at radius 2 is 2.29 bits per heavy atom. The van der Waals surface area contributed by atoms with E-state index in [0.29, 0.717) is 12.5 Å². The molecule has 0 bridgehead atoms. The van der Waals surface area contributed by atoms with Crippen LogP contribution >= 0.6 is 11.8 Å². The first-order valence-electron chi connectivity index (χ1n) is 5.55. The Hall–Kier alpha value is -1.36. The average Bonchev–Trinajstić information content (AvgIpc) is 2.82. The maximum atomic E-state index is 11.8. The van der Waals surface area contributed by atoms with E-state index in [2.05, 4.69) is 5.32 Å². The number of hydrogen-bond acceptors (Lipinski definition) is 4. The van der Waals surface area contributed by atoms with Crippen molar-refractivity contribution in [2.75, 3.05) is 18.1 Å². The lowest BCUT2D eigenvalue weighted by molar-refractivity contribution is 0.0945. The third kappa shape index (κ3) is 3.06. The lowest BCUT2D eigenvalue weighted by Gasteiger charge is -2.10. The van der Waals surface area contributed by atoms with Crippen LogP contribution in [0.25, 0.3) is 0 Å². The fourth-order valence-corrected chi connectivity index (χ4v) is 3.07. The van der Waals surface area contributed by atoms with E-state index in [-0.39, 0.29) is 23.0 Å². The molecule has 4 nitrogen and oxygen atoms in total. The van der Waals surface area contributed by atoms with E-state index in [1.54, 1.807) is 0 Å². The molecule has 1 aliphatic rings. The monoisotopic (exact) mass is 253 g/mol. The standard InChI is InChI=1S/C12H15NO3S/c14-9-1-2-11(15)10(5-9)12(16)13-6-8-3-4-17-7-8/h1-2,5,8,14-15H,3-4,6-7H2,(H,13,16). The second kappa shape index (κ2) is 5.31. The van der Waals surface area contributed by atoms with E-state index in [4.69, 9.17) is 0 Å². The summed E-state index contributed by atoms with van der Waals surface area (Å²) in [6, 6.07) is 3.93. The summed E-state index contributed by atoms with van der Waals surface area (Å²) < 4.78 is 0. The second-order valence-electron chi connectivity index (χ2n) is 4.14. The number of thioether (sulfide) groups is 1. The third-order valence-electron chi connectivity index (χ3n) is 2.80. The molecule has 0 saturated carbocycles. The van der Waals surface area contributed by atoms with Gasteiger partial charge in [0.05, 0.1) is 5.56 Å². The van der Waals surface area contributed by atoms with Gasteiger partial charge in [0.25, 0.3) is 5.91 Å². The van der Waals surface area contributed by atoms with Gasteiger partial charge >= 0.3 is 0 Å². The average molecular weight is 253 g/mol. The summed E-state index contributed by atoms with van der Waals surface area (Å²) in [7, 11) is 0. The minimum atomic E-state index is -0.338. The molecule has 1 heterocycles. The highest BCUT2D eigenvalue weighted by atomic mass is 32.2. The summed E-state index contributed by atoms with van der Waals surface area (Å²) in [5, 5.41) is 21.6. The van der Waals surface area contributed by atoms with Gasteiger partial charge in [-0.05, 0) is 42.0 Å². The highest BCUT2D eigenvalue weighted by Gasteiger charge is 2.18. The van der Waals surface area contributed by atoms with Crippen LogP contribution in [0.2, 0.25) is 0 Å². The van der Waals surface area contributed by atoms with Crippen LogP contribution in [-0.2, 0) is 0 Å². The topological polar surface area (TPSA) is 69.6 Å². The molecule has 1 unspecified atom stereocenters. The summed E-state index contributed by atoms with van der Waals surface area (Å²) >= 11 is 1.89. The number of hydrogen-bond donors (Lipinski definition) is 3. The summed E-state index contributed by atoms with van der Waals surface area (Å²) in [4.78, 5) is 11.8. The van der Waals surface area contributed by atoms with Crippen LogP contribution in [0, 0.1) is 5.92 Å². The molecule has 1 aromatic carbocycles. The van der Waals surface area contributed by atoms with Crippen molar-refractivity contribution in [3.8, 4) is 11.5 Å². The number of aromatic hydroxyl groups is 2. The highest BCUT2D eigenvalue weighted by Crippen LogP contribution is 2.24. The predicted octanol–water partition coefficient (Wildman–Crippen LogP) is 1.58. The Morgan fingerprint density at radius 1 is 1.47 bits per heavy atom. The first kappa shape index (κ1) is 12.1. The minimum Gasteiger partial charge on any atom is -0.508 e. The Bertz CT molecular complexity index is 416. The first-order valence-corrected chi connectivity index (χ1v) is 6.70. The molecule has 0 aliphatic carbocycles. The van der Waals surface area contributed by atoms with Crippen molar-refractivity contribution in [2.24, 2.45) is 5.92 Å². The number of benzene rings is 1. The molecule has 0 radical (unpaired) electrons. The van der Waals surface area contributed by atoms with Crippen LogP contribution < -0.4 is 5.32 Å². The van der Waals surface area contributed by atoms with Crippen LogP contribution in [-0.4, -0.2) is 34.2 Å². The molecular weight excluding hydrogens is 238 g/mol. The van der Waals surface area contributed by atoms with Gasteiger partial charge < -0.3 is 15.5 Å². The van der Waals surface area contributed by atoms with E-state index < -0.39 is 0 Å². The second-order valence-corrected chi connectivity index (χ2v) is 5.29. The molecule has 17 heavy (non-hydrogen) atoms. The summed E-state index contributed by atoms with van der Waals surface area (Å²) in [5.41, 5.74) is 0.121. The molecule has 1 amide bonds. The van der Waals surface area contributed by atoms with Crippen LogP contribution in [0.5, 0.6) is 11.5 Å². The van der Waals surface area contributed by atoms with E-state index in [9.17, 15) is 15.0 Å². The lowest BCUT2D eigenvalue weighted by Crippen LogP contribution is -2.29. The van der Waals surface area contributed by atoms with Crippen molar-refractivity contribution in [1.82, 2.24) is 5.32 Å². The van der Waals surface area contributed by atoms with Crippen LogP contribution in [0.3, 0.4) is 0 Å². The SMILES string of the molecule is O=C(NCC1CCSC1)c1cc(O)ccc1O. The molecule has 3 N–H and O–H groups in total. The highest BCUT2D eigenvalue weighted by molar-refractivity contribution is 7.99. The normalized spacial score (nSPS) is 19.2. The number of amides is 1. The Kier molecular flexibility index (Phi) is 3.78. The van der Waals surface area contributed by atoms with Crippen LogP contribution in [0.1, 0.15) is 16.8 Å². The fourth-order valence-electron chi connectivity index (χ4n) is 1.78. The first-order chi connectivity index (χ1) is 8.16. The van der Waals surface area contributed by atoms with E-state index in [0.717, 1.165) is 17.9 Å². The summed E-state index contributed by atoms with van der Waals surface area (Å²) in [6.45, 7) is 0.626. The zero-order valence-corrected chi connectivity index (χ0v) is 10.2. The van der Waals surface area contributed by atoms with Crippen molar-refractivity contribution in [3.05, 3.63) is 23.8 Å². The van der Waals surface area contributed by atoms with Crippen LogP contribution in [0.4, 0.5) is 0 Å². The number of carbonyl (C=O) groups excluding carboxylic acids is 1. The molecule has 1 aromatic rings. The van der Waals surface area contributed by atoms with Gasteiger partial charge in [0.1, 0.15) is 11.5 Å². The molecule has 1 aliphatic heterocycles. The Balaban J connectivity index is 1.96. The van der Waals surface area contributed by atoms with E-state index in [1.165, 1.54) is 18.2 Å². The van der Waals surface area contributed by atoms with Crippen LogP contribution in [0.15, 0.2) is 18.2 Å². The number of rotatable bonds is 3. The third-order valence-corrected chi connectivity index (χ3v) is 4.03. The zero-order chi connectivity index (χ0) is 12.3. The van der Waals surface area contributed by atoms with Crippen molar-refractivity contribution in [3.63, 3.8) is 0 Å². The molecule has 92 valence electrons. The van der Waals surface area contributed by atoms with Crippen molar-refractivity contribution in [2.45, 2.75) is 6.42 Å². The van der Waals surface area contributed by atoms with Gasteiger partial charge in [0, 0.05) is 6.54 Å². The molecule has 2 rings (SSSR count). The maximum absolute atomic E-state index is 11.8. The van der Waals surface area contributed by atoms with Gasteiger partial charge in [0.15, 0.2) is 0 Å². The van der Waals surface area contributed by atoms with Crippen molar-refractivity contribution < 1.29 is 15.0 Å². The molecule has 0 spiro atoms. The zero-order valence-electron chi connectivity index (χ0n) is 9.35. The van der Waals surface area contributed by atoms with Gasteiger partial charge in [-0.3, -0.25) is 4.79 Å². The van der Waals surface area contributed by atoms with Gasteiger partial charge in [0.2, 0.25) is 0 Å². The largest absolute Gasteiger partial charge is 0.508 e. The molecule has 1 atom stereocenters. The quantitative estimate of drug-likeness (QED) is 0.715. The number of nitrogens with one attached hydrogen (secondary N) is 1. The Morgan fingerprint density at radius 3 is 3.00 bits per heavy atom. The molecule has 0 aromatic heterocycles. The lowest BCUT2D eigenvalue weighted by atomic mass is 10.1. The Labute approximate surface area is 104 Å². The number of phenolic OH excluding ortho intramolecular Hbond substituents is 2. The van der Waals surface area contributed by atoms with Gasteiger partial charge in [-0.15, -0.1) is 0 Å². The predicted molar refractivity (Wildman–Crippen MR) is 67.5 cm³/mol. The van der Waals surface area contributed by atoms with E-state index >= 15 is 0 Å². The maximum Gasteiger partial charge on any atom is 0.255 e. The van der Waals surface area contributed by atoms with Crippen molar-refractivity contribution >= 4 is 17.7 Å². The summed E-state index contributed by atoms with van der Waals surface area (Å²) in [5.74, 6) is 2.27. The summed E-state index contributed by atoms with van der Waals surface area (Å²) in [6.07, 6.45) is 1.12. The minimum absolute atomic E-state index is 0.0237. The molecule has 1 saturated heterocycles. The van der Waals surface area contributed by atoms with Gasteiger partial charge in [-0.25, -0.2) is 0 Å².